The van der Waals surface area contributed by atoms with Crippen LogP contribution in [0.2, 0.25) is 0 Å². The van der Waals surface area contributed by atoms with Crippen molar-refractivity contribution in [1.82, 2.24) is 10.2 Å². The van der Waals surface area contributed by atoms with Crippen molar-refractivity contribution >= 4 is 27.5 Å². The Morgan fingerprint density at radius 1 is 0.881 bits per heavy atom. The molecule has 42 heavy (non-hydrogen) atoms. The van der Waals surface area contributed by atoms with Gasteiger partial charge >= 0.3 is 0 Å². The van der Waals surface area contributed by atoms with E-state index in [1.54, 1.807) is 55.6 Å². The van der Waals surface area contributed by atoms with Crippen LogP contribution in [0.4, 0.5) is 5.69 Å². The molecule has 3 aromatic carbocycles. The van der Waals surface area contributed by atoms with Gasteiger partial charge < -0.3 is 19.7 Å². The predicted molar refractivity (Wildman–Crippen MR) is 164 cm³/mol. The molecule has 0 aliphatic heterocycles. The number of aryl methyl sites for hydroxylation is 1. The molecule has 0 unspecified atom stereocenters. The lowest BCUT2D eigenvalue weighted by atomic mass is 10.1. The first-order valence-corrected chi connectivity index (χ1v) is 15.4. The quantitative estimate of drug-likeness (QED) is 0.283. The lowest BCUT2D eigenvalue weighted by Gasteiger charge is -2.33. The van der Waals surface area contributed by atoms with Gasteiger partial charge in [-0.2, -0.15) is 0 Å². The van der Waals surface area contributed by atoms with Crippen LogP contribution in [-0.4, -0.2) is 58.0 Å². The van der Waals surface area contributed by atoms with Gasteiger partial charge in [0.25, 0.3) is 10.0 Å². The molecular weight excluding hydrogens is 554 g/mol. The fourth-order valence-electron chi connectivity index (χ4n) is 4.44. The fraction of sp³-hybridized carbons (Fsp3) is 0.375. The highest BCUT2D eigenvalue weighted by atomic mass is 32.2. The Kier molecular flexibility index (Phi) is 11.4. The topological polar surface area (TPSA) is 105 Å². The van der Waals surface area contributed by atoms with E-state index in [1.165, 1.54) is 24.1 Å². The van der Waals surface area contributed by atoms with Gasteiger partial charge in [0.05, 0.1) is 24.8 Å². The molecule has 0 heterocycles. The maximum atomic E-state index is 14.2. The summed E-state index contributed by atoms with van der Waals surface area (Å²) in [4.78, 5) is 29.0. The molecule has 0 saturated heterocycles. The largest absolute Gasteiger partial charge is 0.497 e. The van der Waals surface area contributed by atoms with Crippen molar-refractivity contribution in [3.8, 4) is 11.5 Å². The van der Waals surface area contributed by atoms with E-state index in [4.69, 9.17) is 9.47 Å². The molecule has 0 spiro atoms. The standard InChI is InChI=1S/C32H41N3O6S/c1-7-24(4)33-32(37)30(8-2)34(21-25-10-9-11-28(20-25)41-6)31(36)22-35(26-14-12-23(3)13-15-26)42(38,39)29-18-16-27(40-5)17-19-29/h9-20,24,30H,7-8,21-22H2,1-6H3,(H,33,37)/t24-,30-/m0/s1. The molecule has 0 fully saturated rings. The number of benzene rings is 3. The van der Waals surface area contributed by atoms with Gasteiger partial charge in [0, 0.05) is 12.6 Å². The minimum absolute atomic E-state index is 0.0116. The first-order chi connectivity index (χ1) is 20.0. The molecular formula is C32H41N3O6S. The second-order valence-corrected chi connectivity index (χ2v) is 12.0. The lowest BCUT2D eigenvalue weighted by Crippen LogP contribution is -2.53. The molecule has 0 saturated carbocycles. The van der Waals surface area contributed by atoms with Gasteiger partial charge in [-0.05, 0) is 80.8 Å². The van der Waals surface area contributed by atoms with Crippen molar-refractivity contribution in [2.24, 2.45) is 0 Å². The Labute approximate surface area is 249 Å². The zero-order valence-corrected chi connectivity index (χ0v) is 26.0. The third kappa shape index (κ3) is 8.03. The van der Waals surface area contributed by atoms with E-state index in [1.807, 2.05) is 39.8 Å². The fourth-order valence-corrected chi connectivity index (χ4v) is 5.86. The van der Waals surface area contributed by atoms with Crippen LogP contribution in [0, 0.1) is 6.92 Å². The number of sulfonamides is 1. The van der Waals surface area contributed by atoms with Crippen molar-refractivity contribution in [2.45, 2.75) is 64.1 Å². The summed E-state index contributed by atoms with van der Waals surface area (Å²) in [7, 11) is -1.12. The summed E-state index contributed by atoms with van der Waals surface area (Å²) in [5, 5.41) is 2.98. The number of nitrogens with one attached hydrogen (secondary N) is 1. The number of hydrogen-bond donors (Lipinski definition) is 1. The zero-order valence-electron chi connectivity index (χ0n) is 25.2. The van der Waals surface area contributed by atoms with Crippen molar-refractivity contribution < 1.29 is 27.5 Å². The van der Waals surface area contributed by atoms with Gasteiger partial charge in [-0.1, -0.05) is 43.7 Å². The molecule has 1 N–H and O–H groups in total. The molecule has 9 nitrogen and oxygen atoms in total. The average Bonchev–Trinajstić information content (AvgIpc) is 3.00. The second-order valence-electron chi connectivity index (χ2n) is 10.1. The zero-order chi connectivity index (χ0) is 30.9. The van der Waals surface area contributed by atoms with E-state index < -0.39 is 28.5 Å². The molecule has 2 amide bonds. The monoisotopic (exact) mass is 595 g/mol. The van der Waals surface area contributed by atoms with E-state index in [-0.39, 0.29) is 23.4 Å². The van der Waals surface area contributed by atoms with Gasteiger partial charge in [-0.25, -0.2) is 8.42 Å². The second kappa shape index (κ2) is 14.7. The summed E-state index contributed by atoms with van der Waals surface area (Å²) in [5.41, 5.74) is 2.03. The number of carbonyl (C=O) groups is 2. The molecule has 2 atom stereocenters. The minimum Gasteiger partial charge on any atom is -0.497 e. The number of nitrogens with zero attached hydrogens (tertiary/aromatic N) is 2. The molecule has 3 rings (SSSR count). The average molecular weight is 596 g/mol. The number of anilines is 1. The number of carbonyl (C=O) groups excluding carboxylic acids is 2. The summed E-state index contributed by atoms with van der Waals surface area (Å²) < 4.78 is 39.6. The highest BCUT2D eigenvalue weighted by Gasteiger charge is 2.34. The van der Waals surface area contributed by atoms with Crippen molar-refractivity contribution in [2.75, 3.05) is 25.1 Å². The highest BCUT2D eigenvalue weighted by Crippen LogP contribution is 2.27. The predicted octanol–water partition coefficient (Wildman–Crippen LogP) is 4.93. The molecule has 0 aliphatic carbocycles. The van der Waals surface area contributed by atoms with Gasteiger partial charge in [0.2, 0.25) is 11.8 Å². The molecule has 0 bridgehead atoms. The number of amides is 2. The molecule has 0 aliphatic rings. The SMILES string of the molecule is CC[C@H](C)NC(=O)[C@H](CC)N(Cc1cccc(OC)c1)C(=O)CN(c1ccc(C)cc1)S(=O)(=O)c1ccc(OC)cc1. The van der Waals surface area contributed by atoms with E-state index in [0.717, 1.165) is 21.9 Å². The maximum Gasteiger partial charge on any atom is 0.264 e. The van der Waals surface area contributed by atoms with E-state index in [0.29, 0.717) is 23.6 Å². The van der Waals surface area contributed by atoms with Crippen molar-refractivity contribution in [3.63, 3.8) is 0 Å². The van der Waals surface area contributed by atoms with Crippen LogP contribution in [0.15, 0.2) is 77.7 Å². The van der Waals surface area contributed by atoms with Crippen molar-refractivity contribution in [1.29, 1.82) is 0 Å². The normalized spacial score (nSPS) is 12.6. The van der Waals surface area contributed by atoms with Crippen LogP contribution in [0.3, 0.4) is 0 Å². The molecule has 0 radical (unpaired) electrons. The number of methoxy groups -OCH3 is 2. The lowest BCUT2D eigenvalue weighted by molar-refractivity contribution is -0.140. The number of ether oxygens (including phenoxy) is 2. The molecule has 10 heteroatoms. The number of rotatable bonds is 14. The third-order valence-electron chi connectivity index (χ3n) is 7.12. The van der Waals surface area contributed by atoms with Gasteiger partial charge in [0.1, 0.15) is 24.1 Å². The van der Waals surface area contributed by atoms with Gasteiger partial charge in [-0.3, -0.25) is 13.9 Å². The summed E-state index contributed by atoms with van der Waals surface area (Å²) in [5.74, 6) is 0.319. The van der Waals surface area contributed by atoms with Crippen LogP contribution in [0.25, 0.3) is 0 Å². The van der Waals surface area contributed by atoms with E-state index >= 15 is 0 Å². The third-order valence-corrected chi connectivity index (χ3v) is 8.91. The van der Waals surface area contributed by atoms with Crippen LogP contribution in [-0.2, 0) is 26.2 Å². The van der Waals surface area contributed by atoms with E-state index in [9.17, 15) is 18.0 Å². The Morgan fingerprint density at radius 2 is 1.52 bits per heavy atom. The molecule has 226 valence electrons. The minimum atomic E-state index is -4.17. The summed E-state index contributed by atoms with van der Waals surface area (Å²) in [6.07, 6.45) is 1.07. The molecule has 3 aromatic rings. The summed E-state index contributed by atoms with van der Waals surface area (Å²) in [6, 6.07) is 19.3. The van der Waals surface area contributed by atoms with Crippen LogP contribution in [0.1, 0.15) is 44.7 Å². The maximum absolute atomic E-state index is 14.2. The van der Waals surface area contributed by atoms with Gasteiger partial charge in [-0.15, -0.1) is 0 Å². The molecule has 0 aromatic heterocycles. The smallest absolute Gasteiger partial charge is 0.264 e. The van der Waals surface area contributed by atoms with Crippen molar-refractivity contribution in [3.05, 3.63) is 83.9 Å². The van der Waals surface area contributed by atoms with Crippen LogP contribution < -0.4 is 19.1 Å². The Morgan fingerprint density at radius 3 is 2.10 bits per heavy atom. The van der Waals surface area contributed by atoms with E-state index in [2.05, 4.69) is 5.32 Å². The Bertz CT molecular complexity index is 1440. The Balaban J connectivity index is 2.06. The first-order valence-electron chi connectivity index (χ1n) is 14.0. The highest BCUT2D eigenvalue weighted by molar-refractivity contribution is 7.92. The Hall–Kier alpha value is -4.05. The summed E-state index contributed by atoms with van der Waals surface area (Å²) in [6.45, 7) is 7.18. The van der Waals surface area contributed by atoms with Gasteiger partial charge in [0.15, 0.2) is 0 Å². The summed E-state index contributed by atoms with van der Waals surface area (Å²) >= 11 is 0. The number of hydrogen-bond acceptors (Lipinski definition) is 6. The first kappa shape index (κ1) is 32.5. The van der Waals surface area contributed by atoms with Crippen LogP contribution >= 0.6 is 0 Å². The van der Waals surface area contributed by atoms with Crippen LogP contribution in [0.5, 0.6) is 11.5 Å².